The summed E-state index contributed by atoms with van der Waals surface area (Å²) in [6.07, 6.45) is 1.59. The van der Waals surface area contributed by atoms with E-state index in [1.54, 1.807) is 0 Å². The third-order valence-corrected chi connectivity index (χ3v) is 4.24. The number of halogens is 1. The van der Waals surface area contributed by atoms with Gasteiger partial charge in [-0.3, -0.25) is 0 Å². The zero-order valence-corrected chi connectivity index (χ0v) is 11.3. The van der Waals surface area contributed by atoms with Crippen molar-refractivity contribution < 1.29 is 17.9 Å². The average Bonchev–Trinajstić information content (AvgIpc) is 2.32. The van der Waals surface area contributed by atoms with Crippen molar-refractivity contribution in [3.8, 4) is 0 Å². The Morgan fingerprint density at radius 2 is 2.06 bits per heavy atom. The molecule has 0 saturated heterocycles. The fourth-order valence-electron chi connectivity index (χ4n) is 1.54. The summed E-state index contributed by atoms with van der Waals surface area (Å²) in [5.41, 5.74) is 0.310. The van der Waals surface area contributed by atoms with E-state index in [-0.39, 0.29) is 16.0 Å². The van der Waals surface area contributed by atoms with Crippen LogP contribution in [0.2, 0.25) is 0 Å². The quantitative estimate of drug-likeness (QED) is 0.777. The van der Waals surface area contributed by atoms with Crippen LogP contribution in [0.1, 0.15) is 30.9 Å². The van der Waals surface area contributed by atoms with E-state index in [4.69, 9.17) is 5.11 Å². The molecule has 4 nitrogen and oxygen atoms in total. The van der Waals surface area contributed by atoms with Crippen LogP contribution in [0.15, 0.2) is 17.0 Å². The minimum absolute atomic E-state index is 0.0659. The van der Waals surface area contributed by atoms with E-state index in [0.717, 1.165) is 18.9 Å². The van der Waals surface area contributed by atoms with Gasteiger partial charge in [0.2, 0.25) is 10.0 Å². The Morgan fingerprint density at radius 3 is 2.61 bits per heavy atom. The van der Waals surface area contributed by atoms with Gasteiger partial charge in [0.1, 0.15) is 5.82 Å². The molecule has 0 aromatic heterocycles. The summed E-state index contributed by atoms with van der Waals surface area (Å²) < 4.78 is 39.9. The number of hydrogen-bond donors (Lipinski definition) is 2. The Labute approximate surface area is 107 Å². The van der Waals surface area contributed by atoms with Gasteiger partial charge in [-0.1, -0.05) is 13.3 Å². The lowest BCUT2D eigenvalue weighted by molar-refractivity contribution is 0.281. The molecule has 6 heteroatoms. The Balaban J connectivity index is 3.11. The summed E-state index contributed by atoms with van der Waals surface area (Å²) in [7, 11) is -3.72. The molecule has 0 unspecified atom stereocenters. The maximum absolute atomic E-state index is 13.5. The van der Waals surface area contributed by atoms with Gasteiger partial charge in [-0.25, -0.2) is 17.5 Å². The third kappa shape index (κ3) is 3.51. The normalized spacial score (nSPS) is 11.8. The predicted molar refractivity (Wildman–Crippen MR) is 67.2 cm³/mol. The summed E-state index contributed by atoms with van der Waals surface area (Å²) >= 11 is 0. The van der Waals surface area contributed by atoms with Crippen LogP contribution in [-0.2, 0) is 16.6 Å². The van der Waals surface area contributed by atoms with Gasteiger partial charge in [0.15, 0.2) is 0 Å². The summed E-state index contributed by atoms with van der Waals surface area (Å²) in [4.78, 5) is -0.109. The Bertz CT molecular complexity index is 514. The van der Waals surface area contributed by atoms with Gasteiger partial charge in [-0.15, -0.1) is 0 Å². The van der Waals surface area contributed by atoms with Crippen LogP contribution in [-0.4, -0.2) is 20.1 Å². The zero-order chi connectivity index (χ0) is 13.8. The first-order chi connectivity index (χ1) is 8.42. The van der Waals surface area contributed by atoms with Gasteiger partial charge in [-0.05, 0) is 31.0 Å². The molecular weight excluding hydrogens is 257 g/mol. The molecule has 0 heterocycles. The molecule has 0 bridgehead atoms. The third-order valence-electron chi connectivity index (χ3n) is 2.65. The van der Waals surface area contributed by atoms with Gasteiger partial charge in [0.25, 0.3) is 0 Å². The molecule has 1 aromatic carbocycles. The predicted octanol–water partition coefficient (Wildman–Crippen LogP) is 1.70. The number of hydrogen-bond acceptors (Lipinski definition) is 3. The van der Waals surface area contributed by atoms with Crippen molar-refractivity contribution in [3.63, 3.8) is 0 Å². The van der Waals surface area contributed by atoms with Crippen LogP contribution in [0.4, 0.5) is 4.39 Å². The number of nitrogens with one attached hydrogen (secondary N) is 1. The van der Waals surface area contributed by atoms with E-state index in [0.29, 0.717) is 6.54 Å². The highest BCUT2D eigenvalue weighted by Crippen LogP contribution is 2.20. The first-order valence-corrected chi connectivity index (χ1v) is 7.30. The van der Waals surface area contributed by atoms with Gasteiger partial charge in [-0.2, -0.15) is 0 Å². The number of benzene rings is 1. The van der Waals surface area contributed by atoms with Crippen LogP contribution < -0.4 is 4.72 Å². The highest BCUT2D eigenvalue weighted by Gasteiger charge is 2.19. The second kappa shape index (κ2) is 6.26. The van der Waals surface area contributed by atoms with Gasteiger partial charge < -0.3 is 5.11 Å². The first-order valence-electron chi connectivity index (χ1n) is 5.82. The van der Waals surface area contributed by atoms with Crippen molar-refractivity contribution in [1.29, 1.82) is 0 Å². The fraction of sp³-hybridized carbons (Fsp3) is 0.500. The molecule has 0 atom stereocenters. The van der Waals surface area contributed by atoms with Crippen molar-refractivity contribution in [3.05, 3.63) is 29.1 Å². The van der Waals surface area contributed by atoms with E-state index >= 15 is 0 Å². The van der Waals surface area contributed by atoms with Crippen molar-refractivity contribution in [1.82, 2.24) is 4.72 Å². The van der Waals surface area contributed by atoms with E-state index in [1.807, 2.05) is 6.92 Å². The summed E-state index contributed by atoms with van der Waals surface area (Å²) in [6.45, 7) is 3.29. The highest BCUT2D eigenvalue weighted by atomic mass is 32.2. The SMILES string of the molecule is CCCCNS(=O)(=O)c1cc(CO)cc(F)c1C. The van der Waals surface area contributed by atoms with Crippen molar-refractivity contribution in [2.75, 3.05) is 6.54 Å². The summed E-state index contributed by atoms with van der Waals surface area (Å²) in [5.74, 6) is -0.627. The molecule has 0 amide bonds. The lowest BCUT2D eigenvalue weighted by Gasteiger charge is -2.11. The van der Waals surface area contributed by atoms with Crippen molar-refractivity contribution in [2.24, 2.45) is 0 Å². The van der Waals surface area contributed by atoms with E-state index in [2.05, 4.69) is 4.72 Å². The van der Waals surface area contributed by atoms with E-state index < -0.39 is 22.4 Å². The lowest BCUT2D eigenvalue weighted by atomic mass is 10.1. The maximum atomic E-state index is 13.5. The molecule has 0 radical (unpaired) electrons. The average molecular weight is 275 g/mol. The largest absolute Gasteiger partial charge is 0.392 e. The Morgan fingerprint density at radius 1 is 1.39 bits per heavy atom. The monoisotopic (exact) mass is 275 g/mol. The molecule has 0 aliphatic carbocycles. The number of aliphatic hydroxyl groups excluding tert-OH is 1. The van der Waals surface area contributed by atoms with Gasteiger partial charge in [0.05, 0.1) is 11.5 Å². The van der Waals surface area contributed by atoms with Crippen LogP contribution in [0.5, 0.6) is 0 Å². The second-order valence-electron chi connectivity index (χ2n) is 4.11. The zero-order valence-electron chi connectivity index (χ0n) is 10.5. The van der Waals surface area contributed by atoms with Crippen LogP contribution in [0.3, 0.4) is 0 Å². The minimum atomic E-state index is -3.72. The standard InChI is InChI=1S/C12H18FNO3S/c1-3-4-5-14-18(16,17)12-7-10(8-15)6-11(13)9(12)2/h6-7,14-15H,3-5,8H2,1-2H3. The second-order valence-corrected chi connectivity index (χ2v) is 5.85. The number of sulfonamides is 1. The van der Waals surface area contributed by atoms with Gasteiger partial charge in [0, 0.05) is 12.1 Å². The van der Waals surface area contributed by atoms with Crippen molar-refractivity contribution >= 4 is 10.0 Å². The van der Waals surface area contributed by atoms with Crippen LogP contribution >= 0.6 is 0 Å². The molecule has 0 aliphatic heterocycles. The van der Waals surface area contributed by atoms with E-state index in [9.17, 15) is 12.8 Å². The molecule has 2 N–H and O–H groups in total. The summed E-state index contributed by atoms with van der Waals surface area (Å²) in [6, 6.07) is 2.44. The first kappa shape index (κ1) is 15.1. The Kier molecular flexibility index (Phi) is 5.25. The van der Waals surface area contributed by atoms with E-state index in [1.165, 1.54) is 13.0 Å². The molecule has 0 fully saturated rings. The molecular formula is C12H18FNO3S. The molecule has 18 heavy (non-hydrogen) atoms. The number of unbranched alkanes of at least 4 members (excludes halogenated alkanes) is 1. The van der Waals surface area contributed by atoms with Crippen LogP contribution in [0.25, 0.3) is 0 Å². The molecule has 0 saturated carbocycles. The fourth-order valence-corrected chi connectivity index (χ4v) is 2.91. The molecule has 1 rings (SSSR count). The molecule has 102 valence electrons. The minimum Gasteiger partial charge on any atom is -0.392 e. The molecule has 1 aromatic rings. The molecule has 0 spiro atoms. The number of rotatable bonds is 6. The smallest absolute Gasteiger partial charge is 0.240 e. The Hall–Kier alpha value is -0.980. The highest BCUT2D eigenvalue weighted by molar-refractivity contribution is 7.89. The lowest BCUT2D eigenvalue weighted by Crippen LogP contribution is -2.25. The van der Waals surface area contributed by atoms with Crippen molar-refractivity contribution in [2.45, 2.75) is 38.2 Å². The topological polar surface area (TPSA) is 66.4 Å². The molecule has 0 aliphatic rings. The van der Waals surface area contributed by atoms with Gasteiger partial charge >= 0.3 is 0 Å². The number of aliphatic hydroxyl groups is 1. The van der Waals surface area contributed by atoms with Crippen LogP contribution in [0, 0.1) is 12.7 Å². The summed E-state index contributed by atoms with van der Waals surface area (Å²) in [5, 5.41) is 8.98. The maximum Gasteiger partial charge on any atom is 0.240 e.